The molecule has 2 aromatic rings. The van der Waals surface area contributed by atoms with Crippen LogP contribution in [0, 0.1) is 6.92 Å². The van der Waals surface area contributed by atoms with E-state index in [-0.39, 0.29) is 6.10 Å². The zero-order valence-corrected chi connectivity index (χ0v) is 13.6. The predicted molar refractivity (Wildman–Crippen MR) is 87.1 cm³/mol. The first-order chi connectivity index (χ1) is 10.0. The Kier molecular flexibility index (Phi) is 4.10. The summed E-state index contributed by atoms with van der Waals surface area (Å²) in [6.07, 6.45) is 1.40. The maximum Gasteiger partial charge on any atom is 0.141 e. The van der Waals surface area contributed by atoms with E-state index in [2.05, 4.69) is 39.7 Å². The van der Waals surface area contributed by atoms with Gasteiger partial charge in [-0.2, -0.15) is 0 Å². The number of nitrogens with zero attached hydrogens (tertiary/aromatic N) is 4. The van der Waals surface area contributed by atoms with E-state index in [1.54, 1.807) is 17.7 Å². The molecular weight excluding hydrogens is 284 g/mol. The lowest BCUT2D eigenvalue weighted by atomic mass is 10.1. The molecule has 0 spiro atoms. The van der Waals surface area contributed by atoms with Crippen molar-refractivity contribution in [3.63, 3.8) is 0 Å². The maximum atomic E-state index is 9.54. The molecule has 3 heterocycles. The number of anilines is 1. The summed E-state index contributed by atoms with van der Waals surface area (Å²) in [5.41, 5.74) is 0. The van der Waals surface area contributed by atoms with Crippen LogP contribution >= 0.6 is 11.3 Å². The second-order valence-electron chi connectivity index (χ2n) is 5.92. The molecule has 6 heteroatoms. The van der Waals surface area contributed by atoms with Crippen LogP contribution in [0.5, 0.6) is 0 Å². The third-order valence-corrected chi connectivity index (χ3v) is 4.90. The highest BCUT2D eigenvalue weighted by Gasteiger charge is 2.26. The van der Waals surface area contributed by atoms with Gasteiger partial charge in [0.15, 0.2) is 0 Å². The van der Waals surface area contributed by atoms with Crippen LogP contribution in [0.3, 0.4) is 0 Å². The fraction of sp³-hybridized carbons (Fsp3) is 0.600. The predicted octanol–water partition coefficient (Wildman–Crippen LogP) is 1.89. The molecule has 1 aliphatic heterocycles. The number of rotatable bonds is 3. The summed E-state index contributed by atoms with van der Waals surface area (Å²) < 4.78 is 0. The van der Waals surface area contributed by atoms with E-state index >= 15 is 0 Å². The number of aliphatic hydroxyl groups excluding tert-OH is 1. The Morgan fingerprint density at radius 2 is 2.24 bits per heavy atom. The molecule has 0 saturated carbocycles. The van der Waals surface area contributed by atoms with Crippen molar-refractivity contribution in [2.75, 3.05) is 31.1 Å². The Bertz CT molecular complexity index is 627. The summed E-state index contributed by atoms with van der Waals surface area (Å²) in [5, 5.41) is 10.7. The smallest absolute Gasteiger partial charge is 0.141 e. The van der Waals surface area contributed by atoms with Gasteiger partial charge in [0, 0.05) is 37.1 Å². The van der Waals surface area contributed by atoms with Gasteiger partial charge in [0.1, 0.15) is 17.0 Å². The lowest BCUT2D eigenvalue weighted by Gasteiger charge is -2.41. The summed E-state index contributed by atoms with van der Waals surface area (Å²) in [6, 6.07) is 2.57. The zero-order chi connectivity index (χ0) is 15.0. The summed E-state index contributed by atoms with van der Waals surface area (Å²) >= 11 is 1.72. The fourth-order valence-corrected chi connectivity index (χ4v) is 3.92. The van der Waals surface area contributed by atoms with Gasteiger partial charge in [-0.1, -0.05) is 0 Å². The lowest BCUT2D eigenvalue weighted by molar-refractivity contribution is 0.114. The first-order valence-corrected chi connectivity index (χ1v) is 8.24. The van der Waals surface area contributed by atoms with Gasteiger partial charge >= 0.3 is 0 Å². The van der Waals surface area contributed by atoms with Crippen LogP contribution in [0.25, 0.3) is 10.2 Å². The largest absolute Gasteiger partial charge is 0.392 e. The molecule has 0 amide bonds. The summed E-state index contributed by atoms with van der Waals surface area (Å²) in [6.45, 7) is 9.79. The van der Waals surface area contributed by atoms with Gasteiger partial charge in [-0.15, -0.1) is 11.3 Å². The average Bonchev–Trinajstić information content (AvgIpc) is 2.78. The first-order valence-electron chi connectivity index (χ1n) is 7.43. The van der Waals surface area contributed by atoms with Crippen molar-refractivity contribution in [2.45, 2.75) is 32.9 Å². The maximum absolute atomic E-state index is 9.54. The Labute approximate surface area is 129 Å². The van der Waals surface area contributed by atoms with Crippen LogP contribution in [-0.4, -0.2) is 58.3 Å². The number of aryl methyl sites for hydroxylation is 1. The summed E-state index contributed by atoms with van der Waals surface area (Å²) in [5.74, 6) is 1.05. The number of hydrogen-bond donors (Lipinski definition) is 1. The highest BCUT2D eigenvalue weighted by molar-refractivity contribution is 7.18. The number of fused-ring (bicyclic) bond motifs is 1. The molecule has 1 fully saturated rings. The van der Waals surface area contributed by atoms with Gasteiger partial charge in [0.2, 0.25) is 0 Å². The van der Waals surface area contributed by atoms with Gasteiger partial charge in [-0.3, -0.25) is 4.90 Å². The van der Waals surface area contributed by atoms with E-state index in [0.29, 0.717) is 6.04 Å². The number of β-amino-alcohol motifs (C(OH)–C–C–N with tert-alkyl or cyclic N) is 1. The molecule has 3 rings (SSSR count). The zero-order valence-electron chi connectivity index (χ0n) is 12.8. The normalized spacial score (nSPS) is 21.9. The molecule has 114 valence electrons. The molecular formula is C15H22N4OS. The van der Waals surface area contributed by atoms with Crippen LogP contribution < -0.4 is 4.90 Å². The van der Waals surface area contributed by atoms with Crippen LogP contribution in [-0.2, 0) is 0 Å². The molecule has 0 aromatic carbocycles. The Morgan fingerprint density at radius 1 is 1.43 bits per heavy atom. The SMILES string of the molecule is Cc1cc2c(N3CCN(CC(C)O)CC3C)ncnc2s1. The molecule has 2 aromatic heterocycles. The van der Waals surface area contributed by atoms with Gasteiger partial charge < -0.3 is 10.0 Å². The quantitative estimate of drug-likeness (QED) is 0.938. The number of aromatic nitrogens is 2. The van der Waals surface area contributed by atoms with Crippen LogP contribution in [0.15, 0.2) is 12.4 Å². The minimum Gasteiger partial charge on any atom is -0.392 e. The van der Waals surface area contributed by atoms with Crippen LogP contribution in [0.4, 0.5) is 5.82 Å². The second-order valence-corrected chi connectivity index (χ2v) is 7.16. The van der Waals surface area contributed by atoms with Gasteiger partial charge in [-0.25, -0.2) is 9.97 Å². The molecule has 2 unspecified atom stereocenters. The highest BCUT2D eigenvalue weighted by Crippen LogP contribution is 2.31. The summed E-state index contributed by atoms with van der Waals surface area (Å²) in [7, 11) is 0. The second kappa shape index (κ2) is 5.87. The molecule has 5 nitrogen and oxygen atoms in total. The number of hydrogen-bond acceptors (Lipinski definition) is 6. The highest BCUT2D eigenvalue weighted by atomic mass is 32.1. The lowest BCUT2D eigenvalue weighted by Crippen LogP contribution is -2.53. The van der Waals surface area contributed by atoms with E-state index in [4.69, 9.17) is 0 Å². The van der Waals surface area contributed by atoms with Crippen molar-refractivity contribution in [3.05, 3.63) is 17.3 Å². The van der Waals surface area contributed by atoms with Crippen LogP contribution in [0.2, 0.25) is 0 Å². The van der Waals surface area contributed by atoms with Crippen molar-refractivity contribution in [3.8, 4) is 0 Å². The van der Waals surface area contributed by atoms with Crippen molar-refractivity contribution in [2.24, 2.45) is 0 Å². The number of thiophene rings is 1. The topological polar surface area (TPSA) is 52.5 Å². The molecule has 0 aliphatic carbocycles. The molecule has 0 bridgehead atoms. The molecule has 1 saturated heterocycles. The standard InChI is InChI=1S/C15H22N4OS/c1-10-7-18(8-11(2)20)4-5-19(10)14-13-6-12(3)21-15(13)17-9-16-14/h6,9-11,20H,4-5,7-8H2,1-3H3. The van der Waals surface area contributed by atoms with E-state index in [1.807, 2.05) is 6.92 Å². The Balaban J connectivity index is 1.83. The van der Waals surface area contributed by atoms with E-state index < -0.39 is 0 Å². The average molecular weight is 306 g/mol. The van der Waals surface area contributed by atoms with Gasteiger partial charge in [-0.05, 0) is 26.8 Å². The van der Waals surface area contributed by atoms with E-state index in [0.717, 1.165) is 42.2 Å². The molecule has 1 aliphatic rings. The number of aliphatic hydroxyl groups is 1. The number of piperazine rings is 1. The molecule has 2 atom stereocenters. The molecule has 0 radical (unpaired) electrons. The van der Waals surface area contributed by atoms with E-state index in [9.17, 15) is 5.11 Å². The van der Waals surface area contributed by atoms with Crippen molar-refractivity contribution >= 4 is 27.4 Å². The van der Waals surface area contributed by atoms with Gasteiger partial charge in [0.05, 0.1) is 11.5 Å². The van der Waals surface area contributed by atoms with Crippen LogP contribution in [0.1, 0.15) is 18.7 Å². The first kappa shape index (κ1) is 14.7. The van der Waals surface area contributed by atoms with Crippen molar-refractivity contribution in [1.29, 1.82) is 0 Å². The van der Waals surface area contributed by atoms with Gasteiger partial charge in [0.25, 0.3) is 0 Å². The Hall–Kier alpha value is -1.24. The summed E-state index contributed by atoms with van der Waals surface area (Å²) in [4.78, 5) is 15.9. The van der Waals surface area contributed by atoms with Crippen molar-refractivity contribution < 1.29 is 5.11 Å². The Morgan fingerprint density at radius 3 is 2.95 bits per heavy atom. The monoisotopic (exact) mass is 306 g/mol. The fourth-order valence-electron chi connectivity index (χ4n) is 3.08. The van der Waals surface area contributed by atoms with Crippen molar-refractivity contribution in [1.82, 2.24) is 14.9 Å². The minimum atomic E-state index is -0.269. The third kappa shape index (κ3) is 3.02. The van der Waals surface area contributed by atoms with E-state index in [1.165, 1.54) is 4.88 Å². The molecule has 1 N–H and O–H groups in total. The third-order valence-electron chi connectivity index (χ3n) is 3.94. The molecule has 21 heavy (non-hydrogen) atoms. The minimum absolute atomic E-state index is 0.269.